The number of aliphatic hydroxyl groups is 1. The van der Waals surface area contributed by atoms with Gasteiger partial charge < -0.3 is 10.4 Å². The van der Waals surface area contributed by atoms with Crippen LogP contribution in [0.2, 0.25) is 0 Å². The average molecular weight is 265 g/mol. The molecule has 2 N–H and O–H groups in total. The summed E-state index contributed by atoms with van der Waals surface area (Å²) in [6.45, 7) is 2.57. The fraction of sp³-hybridized carbons (Fsp3) is 0.500. The number of hydrogen-bond donors (Lipinski definition) is 2. The highest BCUT2D eigenvalue weighted by molar-refractivity contribution is 5.22. The molecule has 102 valence electrons. The van der Waals surface area contributed by atoms with Gasteiger partial charge in [-0.15, -0.1) is 0 Å². The van der Waals surface area contributed by atoms with E-state index in [9.17, 15) is 22.7 Å². The summed E-state index contributed by atoms with van der Waals surface area (Å²) in [6.07, 6.45) is -2.26. The molecule has 1 atom stereocenters. The van der Waals surface area contributed by atoms with Crippen molar-refractivity contribution in [1.82, 2.24) is 5.32 Å². The van der Waals surface area contributed by atoms with E-state index >= 15 is 0 Å². The van der Waals surface area contributed by atoms with Crippen LogP contribution in [-0.2, 0) is 0 Å². The largest absolute Gasteiger partial charge is 0.382 e. The van der Waals surface area contributed by atoms with Crippen molar-refractivity contribution in [3.05, 3.63) is 35.4 Å². The zero-order chi connectivity index (χ0) is 13.9. The van der Waals surface area contributed by atoms with Gasteiger partial charge in [-0.3, -0.25) is 0 Å². The Morgan fingerprint density at radius 3 is 2.11 bits per heavy atom. The van der Waals surface area contributed by atoms with Gasteiger partial charge in [0.25, 0.3) is 5.92 Å². The molecular weight excluding hydrogens is 250 g/mol. The molecular formula is C12H15F4NO. The summed E-state index contributed by atoms with van der Waals surface area (Å²) in [5.74, 6) is -5.52. The van der Waals surface area contributed by atoms with Crippen LogP contribution in [0.1, 0.15) is 25.5 Å². The molecule has 0 aromatic heterocycles. The van der Waals surface area contributed by atoms with Gasteiger partial charge >= 0.3 is 0 Å². The van der Waals surface area contributed by atoms with E-state index in [0.29, 0.717) is 18.2 Å². The molecule has 0 bridgehead atoms. The zero-order valence-corrected chi connectivity index (χ0v) is 10.1. The van der Waals surface area contributed by atoms with Crippen LogP contribution < -0.4 is 5.32 Å². The molecule has 0 saturated carbocycles. The lowest BCUT2D eigenvalue weighted by atomic mass is 10.0. The maximum Gasteiger partial charge on any atom is 0.289 e. The van der Waals surface area contributed by atoms with Crippen molar-refractivity contribution in [3.63, 3.8) is 0 Å². The van der Waals surface area contributed by atoms with Gasteiger partial charge in [0, 0.05) is 12.1 Å². The van der Waals surface area contributed by atoms with E-state index in [1.807, 2.05) is 0 Å². The molecule has 1 aromatic carbocycles. The Balaban J connectivity index is 2.87. The van der Waals surface area contributed by atoms with Crippen molar-refractivity contribution in [2.45, 2.75) is 31.9 Å². The van der Waals surface area contributed by atoms with E-state index in [2.05, 4.69) is 5.32 Å². The number of rotatable bonds is 5. The van der Waals surface area contributed by atoms with Gasteiger partial charge in [0.15, 0.2) is 0 Å². The summed E-state index contributed by atoms with van der Waals surface area (Å²) < 4.78 is 52.9. The third-order valence-corrected chi connectivity index (χ3v) is 2.35. The molecule has 6 heteroatoms. The molecule has 0 amide bonds. The highest BCUT2D eigenvalue weighted by atomic mass is 19.3. The summed E-state index contributed by atoms with van der Waals surface area (Å²) in [4.78, 5) is 0. The van der Waals surface area contributed by atoms with E-state index < -0.39 is 35.8 Å². The Bertz CT molecular complexity index is 389. The van der Waals surface area contributed by atoms with Crippen LogP contribution >= 0.6 is 0 Å². The Morgan fingerprint density at radius 2 is 1.67 bits per heavy atom. The number of alkyl halides is 2. The smallest absolute Gasteiger partial charge is 0.289 e. The second kappa shape index (κ2) is 5.67. The van der Waals surface area contributed by atoms with Crippen molar-refractivity contribution >= 4 is 0 Å². The van der Waals surface area contributed by atoms with Crippen molar-refractivity contribution in [2.24, 2.45) is 0 Å². The van der Waals surface area contributed by atoms with Crippen LogP contribution in [0, 0.1) is 11.6 Å². The molecule has 0 heterocycles. The van der Waals surface area contributed by atoms with Crippen molar-refractivity contribution in [3.8, 4) is 0 Å². The quantitative estimate of drug-likeness (QED) is 0.802. The van der Waals surface area contributed by atoms with E-state index in [0.717, 1.165) is 0 Å². The van der Waals surface area contributed by atoms with E-state index in [1.165, 1.54) is 0 Å². The van der Waals surface area contributed by atoms with Crippen LogP contribution in [0.15, 0.2) is 18.2 Å². The summed E-state index contributed by atoms with van der Waals surface area (Å²) in [5, 5.41) is 12.0. The first-order valence-corrected chi connectivity index (χ1v) is 5.47. The summed E-state index contributed by atoms with van der Waals surface area (Å²) >= 11 is 0. The minimum atomic E-state index is -3.51. The van der Waals surface area contributed by atoms with Gasteiger partial charge in [-0.1, -0.05) is 13.8 Å². The van der Waals surface area contributed by atoms with Gasteiger partial charge in [0.05, 0.1) is 6.54 Å². The number of nitrogens with one attached hydrogen (secondary N) is 1. The van der Waals surface area contributed by atoms with Gasteiger partial charge in [-0.2, -0.15) is 0 Å². The Labute approximate surface area is 103 Å². The molecule has 0 spiro atoms. The molecule has 1 unspecified atom stereocenters. The van der Waals surface area contributed by atoms with Crippen molar-refractivity contribution in [1.29, 1.82) is 0 Å². The zero-order valence-electron chi connectivity index (χ0n) is 10.1. The minimum Gasteiger partial charge on any atom is -0.382 e. The Kier molecular flexibility index (Phi) is 4.70. The van der Waals surface area contributed by atoms with Crippen LogP contribution in [-0.4, -0.2) is 23.6 Å². The first-order chi connectivity index (χ1) is 8.22. The third-order valence-electron chi connectivity index (χ3n) is 2.35. The lowest BCUT2D eigenvalue weighted by Gasteiger charge is -2.24. The van der Waals surface area contributed by atoms with Crippen LogP contribution in [0.4, 0.5) is 17.6 Å². The van der Waals surface area contributed by atoms with E-state index in [4.69, 9.17) is 0 Å². The average Bonchev–Trinajstić information content (AvgIpc) is 2.24. The third kappa shape index (κ3) is 3.96. The van der Waals surface area contributed by atoms with Crippen LogP contribution in [0.25, 0.3) is 0 Å². The highest BCUT2D eigenvalue weighted by Crippen LogP contribution is 2.31. The van der Waals surface area contributed by atoms with Gasteiger partial charge in [-0.25, -0.2) is 17.6 Å². The minimum absolute atomic E-state index is 0.188. The molecule has 0 aliphatic carbocycles. The molecule has 0 aliphatic rings. The normalized spacial score (nSPS) is 14.0. The second-order valence-corrected chi connectivity index (χ2v) is 4.40. The maximum absolute atomic E-state index is 13.6. The first kappa shape index (κ1) is 14.9. The predicted octanol–water partition coefficient (Wildman–Crippen LogP) is 2.63. The topological polar surface area (TPSA) is 32.3 Å². The molecule has 0 radical (unpaired) electrons. The fourth-order valence-corrected chi connectivity index (χ4v) is 1.41. The predicted molar refractivity (Wildman–Crippen MR) is 59.4 cm³/mol. The van der Waals surface area contributed by atoms with Crippen molar-refractivity contribution in [2.75, 3.05) is 6.54 Å². The molecule has 2 nitrogen and oxygen atoms in total. The Morgan fingerprint density at radius 1 is 1.17 bits per heavy atom. The highest BCUT2D eigenvalue weighted by Gasteiger charge is 2.39. The summed E-state index contributed by atoms with van der Waals surface area (Å²) in [5.41, 5.74) is -0.483. The number of hydrogen-bond acceptors (Lipinski definition) is 2. The number of halogens is 4. The fourth-order valence-electron chi connectivity index (χ4n) is 1.41. The summed E-state index contributed by atoms with van der Waals surface area (Å²) in [7, 11) is 0. The lowest BCUT2D eigenvalue weighted by molar-refractivity contribution is -0.109. The number of aliphatic hydroxyl groups excluding tert-OH is 1. The molecule has 1 aromatic rings. The molecule has 1 rings (SSSR count). The van der Waals surface area contributed by atoms with Crippen LogP contribution in [0.3, 0.4) is 0 Å². The van der Waals surface area contributed by atoms with Gasteiger partial charge in [0.1, 0.15) is 17.7 Å². The monoisotopic (exact) mass is 265 g/mol. The number of benzene rings is 1. The lowest BCUT2D eigenvalue weighted by Crippen LogP contribution is -2.40. The van der Waals surface area contributed by atoms with E-state index in [1.54, 1.807) is 13.8 Å². The second-order valence-electron chi connectivity index (χ2n) is 4.40. The van der Waals surface area contributed by atoms with Crippen molar-refractivity contribution < 1.29 is 22.7 Å². The molecule has 0 fully saturated rings. The van der Waals surface area contributed by atoms with Gasteiger partial charge in [-0.05, 0) is 17.7 Å². The Hall–Kier alpha value is -1.14. The molecule has 18 heavy (non-hydrogen) atoms. The molecule has 0 saturated heterocycles. The SMILES string of the molecule is CC(C)NCC(F)(F)C(O)c1cc(F)cc(F)c1. The molecule has 0 aliphatic heterocycles. The first-order valence-electron chi connectivity index (χ1n) is 5.47. The van der Waals surface area contributed by atoms with Gasteiger partial charge in [0.2, 0.25) is 0 Å². The maximum atomic E-state index is 13.6. The van der Waals surface area contributed by atoms with E-state index in [-0.39, 0.29) is 6.04 Å². The summed E-state index contributed by atoms with van der Waals surface area (Å²) in [6, 6.07) is 1.75. The van der Waals surface area contributed by atoms with Crippen LogP contribution in [0.5, 0.6) is 0 Å². The standard InChI is InChI=1S/C12H15F4NO/c1-7(2)17-6-12(15,16)11(18)8-3-9(13)5-10(14)4-8/h3-5,7,11,17-18H,6H2,1-2H3.